The molecule has 0 aliphatic carbocycles. The summed E-state index contributed by atoms with van der Waals surface area (Å²) in [5.74, 6) is -0.489. The Morgan fingerprint density at radius 2 is 1.96 bits per heavy atom. The van der Waals surface area contributed by atoms with Crippen molar-refractivity contribution in [2.45, 2.75) is 6.92 Å². The molecular weight excluding hydrogens is 365 g/mol. The summed E-state index contributed by atoms with van der Waals surface area (Å²) in [5, 5.41) is 0.734. The number of hydrogen-bond donors (Lipinski definition) is 0. The van der Waals surface area contributed by atoms with Crippen molar-refractivity contribution in [1.82, 2.24) is 0 Å². The standard InChI is InChI=1S/C18H11Cl2NO4/c1-10(22)24-13-4-2-3-11(7-13)8-16-18(23)25-17(21-16)12-5-6-14(19)15(20)9-12/h2-9H,1H3/b16-8-. The molecule has 0 unspecified atom stereocenters. The predicted octanol–water partition coefficient (Wildman–Crippen LogP) is 4.26. The van der Waals surface area contributed by atoms with E-state index in [2.05, 4.69) is 4.99 Å². The van der Waals surface area contributed by atoms with E-state index >= 15 is 0 Å². The van der Waals surface area contributed by atoms with Gasteiger partial charge in [0, 0.05) is 12.5 Å². The lowest BCUT2D eigenvalue weighted by molar-refractivity contribution is -0.132. The van der Waals surface area contributed by atoms with Crippen molar-refractivity contribution in [1.29, 1.82) is 0 Å². The van der Waals surface area contributed by atoms with E-state index in [4.69, 9.17) is 32.7 Å². The number of carbonyl (C=O) groups excluding carboxylic acids is 2. The highest BCUT2D eigenvalue weighted by Crippen LogP contribution is 2.26. The maximum Gasteiger partial charge on any atom is 0.363 e. The Labute approximate surface area is 153 Å². The summed E-state index contributed by atoms with van der Waals surface area (Å²) >= 11 is 11.8. The van der Waals surface area contributed by atoms with Crippen molar-refractivity contribution in [3.8, 4) is 5.75 Å². The highest BCUT2D eigenvalue weighted by atomic mass is 35.5. The van der Waals surface area contributed by atoms with Gasteiger partial charge in [0.2, 0.25) is 5.90 Å². The van der Waals surface area contributed by atoms with Crippen molar-refractivity contribution < 1.29 is 19.1 Å². The van der Waals surface area contributed by atoms with E-state index in [1.54, 1.807) is 48.5 Å². The molecule has 25 heavy (non-hydrogen) atoms. The molecule has 1 heterocycles. The van der Waals surface area contributed by atoms with Crippen LogP contribution in [0.2, 0.25) is 10.0 Å². The molecule has 2 aromatic carbocycles. The molecule has 0 bridgehead atoms. The van der Waals surface area contributed by atoms with Crippen LogP contribution in [0, 0.1) is 0 Å². The first kappa shape index (κ1) is 17.2. The number of rotatable bonds is 3. The molecule has 0 amide bonds. The van der Waals surface area contributed by atoms with E-state index in [9.17, 15) is 9.59 Å². The first-order valence-corrected chi connectivity index (χ1v) is 7.94. The quantitative estimate of drug-likeness (QED) is 0.456. The summed E-state index contributed by atoms with van der Waals surface area (Å²) in [6.07, 6.45) is 1.54. The Balaban J connectivity index is 1.90. The third-order valence-corrected chi connectivity index (χ3v) is 3.95. The number of aliphatic imine (C=N–C) groups is 1. The largest absolute Gasteiger partial charge is 0.427 e. The molecule has 0 saturated heterocycles. The highest BCUT2D eigenvalue weighted by Gasteiger charge is 2.24. The van der Waals surface area contributed by atoms with Crippen LogP contribution >= 0.6 is 23.2 Å². The zero-order valence-corrected chi connectivity index (χ0v) is 14.5. The second-order valence-corrected chi connectivity index (χ2v) is 5.95. The topological polar surface area (TPSA) is 65.0 Å². The summed E-state index contributed by atoms with van der Waals surface area (Å²) in [5.41, 5.74) is 1.31. The third-order valence-electron chi connectivity index (χ3n) is 3.21. The van der Waals surface area contributed by atoms with Crippen molar-refractivity contribution in [3.63, 3.8) is 0 Å². The van der Waals surface area contributed by atoms with Gasteiger partial charge in [-0.1, -0.05) is 35.3 Å². The molecule has 0 spiro atoms. The first-order chi connectivity index (χ1) is 11.9. The van der Waals surface area contributed by atoms with Crippen LogP contribution in [0.15, 0.2) is 53.2 Å². The van der Waals surface area contributed by atoms with Crippen LogP contribution in [0.5, 0.6) is 5.75 Å². The Hall–Kier alpha value is -2.63. The van der Waals surface area contributed by atoms with E-state index in [0.29, 0.717) is 26.9 Å². The van der Waals surface area contributed by atoms with Gasteiger partial charge < -0.3 is 9.47 Å². The fourth-order valence-corrected chi connectivity index (χ4v) is 2.45. The molecule has 3 rings (SSSR count). The maximum absolute atomic E-state index is 12.0. The Morgan fingerprint density at radius 1 is 1.16 bits per heavy atom. The summed E-state index contributed by atoms with van der Waals surface area (Å²) < 4.78 is 10.2. The van der Waals surface area contributed by atoms with E-state index in [1.165, 1.54) is 6.92 Å². The Kier molecular flexibility index (Phi) is 4.88. The Morgan fingerprint density at radius 3 is 2.68 bits per heavy atom. The Bertz CT molecular complexity index is 934. The molecule has 2 aromatic rings. The second-order valence-electron chi connectivity index (χ2n) is 5.13. The molecule has 7 heteroatoms. The number of benzene rings is 2. The zero-order valence-electron chi connectivity index (χ0n) is 13.0. The van der Waals surface area contributed by atoms with Crippen LogP contribution < -0.4 is 4.74 Å². The normalized spacial score (nSPS) is 15.1. The van der Waals surface area contributed by atoms with Gasteiger partial charge in [0.1, 0.15) is 5.75 Å². The number of halogens is 2. The molecule has 0 atom stereocenters. The van der Waals surface area contributed by atoms with E-state index in [-0.39, 0.29) is 11.6 Å². The van der Waals surface area contributed by atoms with Gasteiger partial charge in [-0.2, -0.15) is 0 Å². The summed E-state index contributed by atoms with van der Waals surface area (Å²) in [6.45, 7) is 1.31. The monoisotopic (exact) mass is 375 g/mol. The van der Waals surface area contributed by atoms with Crippen LogP contribution in [-0.2, 0) is 14.3 Å². The fraction of sp³-hybridized carbons (Fsp3) is 0.0556. The second kappa shape index (κ2) is 7.09. The minimum Gasteiger partial charge on any atom is -0.427 e. The third kappa shape index (κ3) is 4.07. The average Bonchev–Trinajstić information content (AvgIpc) is 2.91. The molecule has 1 aliphatic rings. The van der Waals surface area contributed by atoms with Gasteiger partial charge in [-0.05, 0) is 42.0 Å². The molecule has 0 N–H and O–H groups in total. The van der Waals surface area contributed by atoms with Crippen LogP contribution in [0.4, 0.5) is 0 Å². The molecule has 1 aliphatic heterocycles. The summed E-state index contributed by atoms with van der Waals surface area (Å²) in [6, 6.07) is 11.5. The van der Waals surface area contributed by atoms with Crippen molar-refractivity contribution in [3.05, 3.63) is 69.3 Å². The highest BCUT2D eigenvalue weighted by molar-refractivity contribution is 6.42. The number of hydrogen-bond acceptors (Lipinski definition) is 5. The number of carbonyl (C=O) groups is 2. The lowest BCUT2D eigenvalue weighted by Crippen LogP contribution is -2.05. The van der Waals surface area contributed by atoms with Crippen LogP contribution in [0.1, 0.15) is 18.1 Å². The van der Waals surface area contributed by atoms with Gasteiger partial charge in [-0.25, -0.2) is 9.79 Å². The van der Waals surface area contributed by atoms with Gasteiger partial charge in [-0.3, -0.25) is 4.79 Å². The SMILES string of the molecule is CC(=O)Oc1cccc(/C=C2\N=C(c3ccc(Cl)c(Cl)c3)OC2=O)c1. The van der Waals surface area contributed by atoms with Crippen molar-refractivity contribution in [2.24, 2.45) is 4.99 Å². The lowest BCUT2D eigenvalue weighted by atomic mass is 10.2. The molecular formula is C18H11Cl2NO4. The van der Waals surface area contributed by atoms with Crippen LogP contribution in [-0.4, -0.2) is 17.8 Å². The van der Waals surface area contributed by atoms with E-state index in [1.807, 2.05) is 0 Å². The molecule has 0 aromatic heterocycles. The van der Waals surface area contributed by atoms with Crippen LogP contribution in [0.25, 0.3) is 6.08 Å². The number of esters is 2. The van der Waals surface area contributed by atoms with E-state index in [0.717, 1.165) is 0 Å². The van der Waals surface area contributed by atoms with E-state index < -0.39 is 11.9 Å². The fourth-order valence-electron chi connectivity index (χ4n) is 2.15. The molecule has 5 nitrogen and oxygen atoms in total. The number of cyclic esters (lactones) is 1. The zero-order chi connectivity index (χ0) is 18.0. The van der Waals surface area contributed by atoms with Crippen molar-refractivity contribution >= 4 is 47.1 Å². The smallest absolute Gasteiger partial charge is 0.363 e. The number of ether oxygens (including phenoxy) is 2. The first-order valence-electron chi connectivity index (χ1n) is 7.19. The summed E-state index contributed by atoms with van der Waals surface area (Å²) in [4.78, 5) is 27.2. The van der Waals surface area contributed by atoms with Gasteiger partial charge in [0.15, 0.2) is 5.70 Å². The van der Waals surface area contributed by atoms with Crippen LogP contribution in [0.3, 0.4) is 0 Å². The molecule has 0 fully saturated rings. The molecule has 0 saturated carbocycles. The molecule has 0 radical (unpaired) electrons. The molecule has 126 valence electrons. The summed E-state index contributed by atoms with van der Waals surface area (Å²) in [7, 11) is 0. The lowest BCUT2D eigenvalue weighted by Gasteiger charge is -2.01. The van der Waals surface area contributed by atoms with Gasteiger partial charge in [-0.15, -0.1) is 0 Å². The van der Waals surface area contributed by atoms with Gasteiger partial charge in [0.25, 0.3) is 0 Å². The average molecular weight is 376 g/mol. The maximum atomic E-state index is 12.0. The minimum atomic E-state index is -0.584. The van der Waals surface area contributed by atoms with Gasteiger partial charge >= 0.3 is 11.9 Å². The van der Waals surface area contributed by atoms with Gasteiger partial charge in [0.05, 0.1) is 10.0 Å². The predicted molar refractivity (Wildman–Crippen MR) is 94.8 cm³/mol. The minimum absolute atomic E-state index is 0.126. The van der Waals surface area contributed by atoms with Crippen molar-refractivity contribution in [2.75, 3.05) is 0 Å². The number of nitrogens with zero attached hydrogens (tertiary/aromatic N) is 1.